The zero-order chi connectivity index (χ0) is 15.7. The van der Waals surface area contributed by atoms with Crippen LogP contribution in [0.25, 0.3) is 10.2 Å². The van der Waals surface area contributed by atoms with Crippen LogP contribution in [0.1, 0.15) is 18.9 Å². The molecule has 7 heteroatoms. The molecule has 0 saturated carbocycles. The average molecular weight is 335 g/mol. The van der Waals surface area contributed by atoms with Crippen molar-refractivity contribution in [3.8, 4) is 0 Å². The Kier molecular flexibility index (Phi) is 4.10. The van der Waals surface area contributed by atoms with Crippen LogP contribution in [-0.2, 0) is 16.1 Å². The fourth-order valence-electron chi connectivity index (χ4n) is 2.15. The Morgan fingerprint density at radius 1 is 1.45 bits per heavy atom. The summed E-state index contributed by atoms with van der Waals surface area (Å²) in [6.45, 7) is 4.11. The molecule has 2 heterocycles. The number of thioether (sulfide) groups is 1. The van der Waals surface area contributed by atoms with E-state index in [-0.39, 0.29) is 11.8 Å². The number of amides is 2. The molecule has 116 valence electrons. The first-order valence-corrected chi connectivity index (χ1v) is 8.83. The van der Waals surface area contributed by atoms with Gasteiger partial charge in [-0.2, -0.15) is 0 Å². The summed E-state index contributed by atoms with van der Waals surface area (Å²) in [7, 11) is 0. The Labute approximate surface area is 136 Å². The van der Waals surface area contributed by atoms with Gasteiger partial charge in [-0.25, -0.2) is 4.98 Å². The van der Waals surface area contributed by atoms with Crippen molar-refractivity contribution in [2.45, 2.75) is 31.2 Å². The molecular formula is C15H17N3O2S2. The molecule has 2 N–H and O–H groups in total. The third-order valence-corrected chi connectivity index (χ3v) is 5.97. The first kappa shape index (κ1) is 15.3. The first-order chi connectivity index (χ1) is 10.5. The molecule has 1 saturated heterocycles. The van der Waals surface area contributed by atoms with Crippen LogP contribution in [0, 0.1) is 0 Å². The molecular weight excluding hydrogens is 318 g/mol. The van der Waals surface area contributed by atoms with Crippen LogP contribution in [0.3, 0.4) is 0 Å². The van der Waals surface area contributed by atoms with Gasteiger partial charge >= 0.3 is 0 Å². The summed E-state index contributed by atoms with van der Waals surface area (Å²) in [5.41, 5.74) is 0.944. The number of carbonyl (C=O) groups is 2. The van der Waals surface area contributed by atoms with E-state index in [1.54, 1.807) is 11.3 Å². The van der Waals surface area contributed by atoms with Crippen LogP contribution in [0.4, 0.5) is 0 Å². The largest absolute Gasteiger partial charge is 0.348 e. The maximum Gasteiger partial charge on any atom is 0.243 e. The molecule has 2 aromatic rings. The molecule has 1 atom stereocenters. The second-order valence-corrected chi connectivity index (χ2v) is 8.40. The van der Waals surface area contributed by atoms with Crippen molar-refractivity contribution >= 4 is 45.1 Å². The highest BCUT2D eigenvalue weighted by molar-refractivity contribution is 8.01. The fraction of sp³-hybridized carbons (Fsp3) is 0.400. The number of aromatic nitrogens is 1. The van der Waals surface area contributed by atoms with Crippen LogP contribution in [0.15, 0.2) is 24.3 Å². The molecule has 1 unspecified atom stereocenters. The Morgan fingerprint density at radius 3 is 2.95 bits per heavy atom. The van der Waals surface area contributed by atoms with E-state index in [2.05, 4.69) is 15.6 Å². The number of rotatable bonds is 3. The lowest BCUT2D eigenvalue weighted by atomic mass is 10.1. The third kappa shape index (κ3) is 3.10. The van der Waals surface area contributed by atoms with E-state index in [1.807, 2.05) is 38.1 Å². The summed E-state index contributed by atoms with van der Waals surface area (Å²) in [6, 6.07) is 7.41. The van der Waals surface area contributed by atoms with Gasteiger partial charge in [0, 0.05) is 5.75 Å². The minimum Gasteiger partial charge on any atom is -0.348 e. The van der Waals surface area contributed by atoms with E-state index in [9.17, 15) is 9.59 Å². The van der Waals surface area contributed by atoms with Gasteiger partial charge in [-0.3, -0.25) is 9.59 Å². The Bertz CT molecular complexity index is 693. The zero-order valence-electron chi connectivity index (χ0n) is 12.4. The molecule has 5 nitrogen and oxygen atoms in total. The van der Waals surface area contributed by atoms with Gasteiger partial charge in [0.25, 0.3) is 0 Å². The van der Waals surface area contributed by atoms with E-state index in [1.165, 1.54) is 11.8 Å². The number of nitrogens with zero attached hydrogens (tertiary/aromatic N) is 1. The maximum atomic E-state index is 12.2. The normalized spacial score (nSPS) is 20.6. The van der Waals surface area contributed by atoms with Crippen molar-refractivity contribution in [1.29, 1.82) is 0 Å². The number of hydrogen-bond donors (Lipinski definition) is 2. The molecule has 0 aliphatic carbocycles. The van der Waals surface area contributed by atoms with Crippen LogP contribution in [0.5, 0.6) is 0 Å². The number of thiazole rings is 1. The highest BCUT2D eigenvalue weighted by Crippen LogP contribution is 2.29. The molecule has 0 bridgehead atoms. The van der Waals surface area contributed by atoms with Gasteiger partial charge in [-0.05, 0) is 26.0 Å². The molecule has 1 aromatic carbocycles. The molecule has 0 radical (unpaired) electrons. The van der Waals surface area contributed by atoms with Crippen molar-refractivity contribution in [2.24, 2.45) is 0 Å². The second-order valence-electron chi connectivity index (χ2n) is 5.64. The molecule has 1 aliphatic heterocycles. The smallest absolute Gasteiger partial charge is 0.243 e. The summed E-state index contributed by atoms with van der Waals surface area (Å²) in [4.78, 5) is 28.6. The highest BCUT2D eigenvalue weighted by atomic mass is 32.2. The molecule has 1 aliphatic rings. The first-order valence-electron chi connectivity index (χ1n) is 7.03. The van der Waals surface area contributed by atoms with E-state index < -0.39 is 10.8 Å². The Morgan fingerprint density at radius 2 is 2.23 bits per heavy atom. The second kappa shape index (κ2) is 5.89. The standard InChI is InChI=1S/C15H17N3O2S2/c1-15(2)14(20)18-10(8-21-15)13(19)16-7-12-17-9-5-3-4-6-11(9)22-12/h3-6,10H,7-8H2,1-2H3,(H,16,19)(H,18,20). The lowest BCUT2D eigenvalue weighted by molar-refractivity contribution is -0.129. The van der Waals surface area contributed by atoms with Gasteiger partial charge in [0.05, 0.1) is 21.5 Å². The van der Waals surface area contributed by atoms with Crippen molar-refractivity contribution in [3.63, 3.8) is 0 Å². The number of benzene rings is 1. The fourth-order valence-corrected chi connectivity index (χ4v) is 4.07. The zero-order valence-corrected chi connectivity index (χ0v) is 14.0. The summed E-state index contributed by atoms with van der Waals surface area (Å²) in [6.07, 6.45) is 0. The van der Waals surface area contributed by atoms with Gasteiger partial charge in [0.1, 0.15) is 11.0 Å². The van der Waals surface area contributed by atoms with Crippen LogP contribution in [0.2, 0.25) is 0 Å². The van der Waals surface area contributed by atoms with Crippen molar-refractivity contribution < 1.29 is 9.59 Å². The molecule has 22 heavy (non-hydrogen) atoms. The Hall–Kier alpha value is -1.60. The molecule has 1 aromatic heterocycles. The van der Waals surface area contributed by atoms with E-state index in [4.69, 9.17) is 0 Å². The van der Waals surface area contributed by atoms with Gasteiger partial charge in [0.15, 0.2) is 0 Å². The lowest BCUT2D eigenvalue weighted by Gasteiger charge is -2.32. The minimum atomic E-state index is -0.472. The monoisotopic (exact) mass is 335 g/mol. The van der Waals surface area contributed by atoms with Crippen LogP contribution >= 0.6 is 23.1 Å². The Balaban J connectivity index is 1.59. The summed E-state index contributed by atoms with van der Waals surface area (Å²) >= 11 is 3.07. The van der Waals surface area contributed by atoms with Gasteiger partial charge in [0.2, 0.25) is 11.8 Å². The van der Waals surface area contributed by atoms with Gasteiger partial charge in [-0.1, -0.05) is 12.1 Å². The topological polar surface area (TPSA) is 71.1 Å². The average Bonchev–Trinajstić information content (AvgIpc) is 2.90. The van der Waals surface area contributed by atoms with Crippen LogP contribution in [-0.4, -0.2) is 33.3 Å². The highest BCUT2D eigenvalue weighted by Gasteiger charge is 2.37. The quantitative estimate of drug-likeness (QED) is 0.899. The number of fused-ring (bicyclic) bond motifs is 1. The van der Waals surface area contributed by atoms with Crippen molar-refractivity contribution in [1.82, 2.24) is 15.6 Å². The third-order valence-electron chi connectivity index (χ3n) is 3.53. The van der Waals surface area contributed by atoms with Crippen molar-refractivity contribution in [3.05, 3.63) is 29.3 Å². The van der Waals surface area contributed by atoms with Crippen LogP contribution < -0.4 is 10.6 Å². The summed E-state index contributed by atoms with van der Waals surface area (Å²) < 4.78 is 0.638. The number of carbonyl (C=O) groups excluding carboxylic acids is 2. The summed E-state index contributed by atoms with van der Waals surface area (Å²) in [5.74, 6) is 0.337. The molecule has 1 fully saturated rings. The van der Waals surface area contributed by atoms with E-state index >= 15 is 0 Å². The number of hydrogen-bond acceptors (Lipinski definition) is 5. The van der Waals surface area contributed by atoms with Crippen molar-refractivity contribution in [2.75, 3.05) is 5.75 Å². The minimum absolute atomic E-state index is 0.0936. The predicted octanol–water partition coefficient (Wildman–Crippen LogP) is 1.92. The number of para-hydroxylation sites is 1. The van der Waals surface area contributed by atoms with Gasteiger partial charge in [-0.15, -0.1) is 23.1 Å². The lowest BCUT2D eigenvalue weighted by Crippen LogP contribution is -2.57. The van der Waals surface area contributed by atoms with E-state index in [0.717, 1.165) is 15.2 Å². The summed E-state index contributed by atoms with van der Waals surface area (Å²) in [5, 5.41) is 6.50. The molecule has 0 spiro atoms. The maximum absolute atomic E-state index is 12.2. The predicted molar refractivity (Wildman–Crippen MR) is 89.9 cm³/mol. The SMILES string of the molecule is CC1(C)SCC(C(=O)NCc2nc3ccccc3s2)NC1=O. The number of nitrogens with one attached hydrogen (secondary N) is 2. The molecule has 3 rings (SSSR count). The van der Waals surface area contributed by atoms with E-state index in [0.29, 0.717) is 12.3 Å². The molecule has 2 amide bonds. The van der Waals surface area contributed by atoms with Gasteiger partial charge < -0.3 is 10.6 Å².